The maximum absolute atomic E-state index is 11.0. The number of hydrogen-bond donors (Lipinski definition) is 1. The highest BCUT2D eigenvalue weighted by Gasteiger charge is 2.25. The summed E-state index contributed by atoms with van der Waals surface area (Å²) in [5, 5.41) is 11.4. The number of fused-ring (bicyclic) bond motifs is 1. The van der Waals surface area contributed by atoms with Crippen molar-refractivity contribution in [1.82, 2.24) is 0 Å². The number of ether oxygens (including phenoxy) is 1. The molecule has 0 radical (unpaired) electrons. The number of carboxylic acids is 1. The average Bonchev–Trinajstić information content (AvgIpc) is 2.46. The summed E-state index contributed by atoms with van der Waals surface area (Å²) < 4.78 is 5.74. The Morgan fingerprint density at radius 1 is 1.10 bits per heavy atom. The van der Waals surface area contributed by atoms with E-state index in [2.05, 4.69) is 18.2 Å². The Bertz CT molecular complexity index is 617. The molecule has 3 nitrogen and oxygen atoms in total. The number of unbranched alkanes of at least 4 members (excludes halogenated alkanes) is 1. The van der Waals surface area contributed by atoms with Gasteiger partial charge in [0.1, 0.15) is 5.75 Å². The quantitative estimate of drug-likeness (QED) is 0.762. The van der Waals surface area contributed by atoms with Gasteiger partial charge in [-0.1, -0.05) is 30.3 Å². The molecule has 0 heterocycles. The Balaban J connectivity index is 1.79. The van der Waals surface area contributed by atoms with Crippen molar-refractivity contribution in [2.24, 2.45) is 5.41 Å². The molecule has 0 fully saturated rings. The van der Waals surface area contributed by atoms with E-state index in [-0.39, 0.29) is 0 Å². The van der Waals surface area contributed by atoms with E-state index in [1.807, 2.05) is 24.3 Å². The molecule has 2 rings (SSSR count). The van der Waals surface area contributed by atoms with Crippen LogP contribution in [0.15, 0.2) is 42.5 Å². The van der Waals surface area contributed by atoms with Crippen LogP contribution in [-0.2, 0) is 4.79 Å². The Morgan fingerprint density at radius 2 is 1.81 bits per heavy atom. The van der Waals surface area contributed by atoms with Gasteiger partial charge in [-0.2, -0.15) is 0 Å². The van der Waals surface area contributed by atoms with Crippen LogP contribution in [-0.4, -0.2) is 17.7 Å². The maximum atomic E-state index is 11.0. The predicted molar refractivity (Wildman–Crippen MR) is 84.7 cm³/mol. The molecule has 2 aromatic carbocycles. The fraction of sp³-hybridized carbons (Fsp3) is 0.389. The first-order chi connectivity index (χ1) is 9.99. The second-order valence-electron chi connectivity index (χ2n) is 6.00. The van der Waals surface area contributed by atoms with Crippen LogP contribution in [0, 0.1) is 5.41 Å². The van der Waals surface area contributed by atoms with Crippen molar-refractivity contribution in [2.75, 3.05) is 6.61 Å². The lowest BCUT2D eigenvalue weighted by Crippen LogP contribution is -2.23. The van der Waals surface area contributed by atoms with E-state index in [0.717, 1.165) is 18.6 Å². The lowest BCUT2D eigenvalue weighted by molar-refractivity contribution is -0.147. The highest BCUT2D eigenvalue weighted by Crippen LogP contribution is 2.24. The maximum Gasteiger partial charge on any atom is 0.309 e. The SMILES string of the molecule is CC(C)(CCCCOc1ccc2ccccc2c1)C(=O)O. The molecule has 0 saturated heterocycles. The largest absolute Gasteiger partial charge is 0.494 e. The highest BCUT2D eigenvalue weighted by atomic mass is 16.5. The molecule has 0 spiro atoms. The van der Waals surface area contributed by atoms with Crippen LogP contribution in [0.25, 0.3) is 10.8 Å². The van der Waals surface area contributed by atoms with Gasteiger partial charge in [-0.15, -0.1) is 0 Å². The molecule has 0 atom stereocenters. The van der Waals surface area contributed by atoms with Crippen LogP contribution in [0.1, 0.15) is 33.1 Å². The number of aliphatic carboxylic acids is 1. The van der Waals surface area contributed by atoms with Gasteiger partial charge < -0.3 is 9.84 Å². The Hall–Kier alpha value is -2.03. The van der Waals surface area contributed by atoms with Gasteiger partial charge in [0.15, 0.2) is 0 Å². The fourth-order valence-corrected chi connectivity index (χ4v) is 2.22. The van der Waals surface area contributed by atoms with E-state index in [0.29, 0.717) is 13.0 Å². The molecule has 2 aromatic rings. The molecule has 0 unspecified atom stereocenters. The molecule has 21 heavy (non-hydrogen) atoms. The zero-order valence-corrected chi connectivity index (χ0v) is 12.6. The molecule has 0 bridgehead atoms. The van der Waals surface area contributed by atoms with Crippen LogP contribution >= 0.6 is 0 Å². The summed E-state index contributed by atoms with van der Waals surface area (Å²) in [6, 6.07) is 14.2. The van der Waals surface area contributed by atoms with Crippen LogP contribution in [0.2, 0.25) is 0 Å². The minimum atomic E-state index is -0.738. The van der Waals surface area contributed by atoms with Gasteiger partial charge in [0.25, 0.3) is 0 Å². The zero-order valence-electron chi connectivity index (χ0n) is 12.6. The van der Waals surface area contributed by atoms with Crippen molar-refractivity contribution in [3.8, 4) is 5.75 Å². The van der Waals surface area contributed by atoms with Crippen molar-refractivity contribution in [3.63, 3.8) is 0 Å². The second kappa shape index (κ2) is 6.61. The molecule has 3 heteroatoms. The summed E-state index contributed by atoms with van der Waals surface area (Å²) in [7, 11) is 0. The van der Waals surface area contributed by atoms with Gasteiger partial charge >= 0.3 is 5.97 Å². The van der Waals surface area contributed by atoms with E-state index < -0.39 is 11.4 Å². The van der Waals surface area contributed by atoms with Gasteiger partial charge in [-0.05, 0) is 56.0 Å². The molecule has 0 aliphatic heterocycles. The van der Waals surface area contributed by atoms with E-state index in [9.17, 15) is 4.79 Å². The third-order valence-corrected chi connectivity index (χ3v) is 3.76. The summed E-state index contributed by atoms with van der Waals surface area (Å²) >= 11 is 0. The highest BCUT2D eigenvalue weighted by molar-refractivity contribution is 5.83. The van der Waals surface area contributed by atoms with E-state index in [1.165, 1.54) is 10.8 Å². The van der Waals surface area contributed by atoms with Crippen LogP contribution in [0.3, 0.4) is 0 Å². The normalized spacial score (nSPS) is 11.5. The fourth-order valence-electron chi connectivity index (χ4n) is 2.22. The average molecular weight is 286 g/mol. The lowest BCUT2D eigenvalue weighted by Gasteiger charge is -2.18. The summed E-state index contributed by atoms with van der Waals surface area (Å²) in [6.07, 6.45) is 2.39. The van der Waals surface area contributed by atoms with Gasteiger partial charge in [0.05, 0.1) is 12.0 Å². The summed E-state index contributed by atoms with van der Waals surface area (Å²) in [6.45, 7) is 4.15. The third-order valence-electron chi connectivity index (χ3n) is 3.76. The smallest absolute Gasteiger partial charge is 0.309 e. The molecule has 112 valence electrons. The Labute approximate surface area is 125 Å². The number of carbonyl (C=O) groups is 1. The third kappa shape index (κ3) is 4.22. The first kappa shape index (κ1) is 15.4. The van der Waals surface area contributed by atoms with Gasteiger partial charge in [0, 0.05) is 0 Å². The first-order valence-corrected chi connectivity index (χ1v) is 7.34. The number of carboxylic acid groups (broad SMARTS) is 1. The Kier molecular flexibility index (Phi) is 4.84. The van der Waals surface area contributed by atoms with E-state index in [4.69, 9.17) is 9.84 Å². The topological polar surface area (TPSA) is 46.5 Å². The Morgan fingerprint density at radius 3 is 2.52 bits per heavy atom. The van der Waals surface area contributed by atoms with Crippen molar-refractivity contribution in [2.45, 2.75) is 33.1 Å². The number of rotatable bonds is 7. The number of hydrogen-bond acceptors (Lipinski definition) is 2. The van der Waals surface area contributed by atoms with Crippen molar-refractivity contribution >= 4 is 16.7 Å². The first-order valence-electron chi connectivity index (χ1n) is 7.34. The molecule has 0 amide bonds. The van der Waals surface area contributed by atoms with Crippen molar-refractivity contribution < 1.29 is 14.6 Å². The van der Waals surface area contributed by atoms with Gasteiger partial charge in [-0.3, -0.25) is 4.79 Å². The number of benzene rings is 2. The summed E-state index contributed by atoms with van der Waals surface area (Å²) in [5.74, 6) is 0.129. The minimum Gasteiger partial charge on any atom is -0.494 e. The summed E-state index contributed by atoms with van der Waals surface area (Å²) in [5.41, 5.74) is -0.650. The summed E-state index contributed by atoms with van der Waals surface area (Å²) in [4.78, 5) is 11.0. The van der Waals surface area contributed by atoms with Crippen LogP contribution < -0.4 is 4.74 Å². The van der Waals surface area contributed by atoms with E-state index >= 15 is 0 Å². The molecule has 0 aliphatic rings. The predicted octanol–water partition coefficient (Wildman–Crippen LogP) is 4.50. The van der Waals surface area contributed by atoms with Crippen molar-refractivity contribution in [1.29, 1.82) is 0 Å². The molecular formula is C18H22O3. The lowest BCUT2D eigenvalue weighted by atomic mass is 9.87. The van der Waals surface area contributed by atoms with Crippen LogP contribution in [0.4, 0.5) is 0 Å². The molecule has 0 aromatic heterocycles. The van der Waals surface area contributed by atoms with Gasteiger partial charge in [0.2, 0.25) is 0 Å². The standard InChI is InChI=1S/C18H22O3/c1-18(2,17(19)20)11-5-6-12-21-16-10-9-14-7-3-4-8-15(14)13-16/h3-4,7-10,13H,5-6,11-12H2,1-2H3,(H,19,20). The van der Waals surface area contributed by atoms with Crippen LogP contribution in [0.5, 0.6) is 5.75 Å². The minimum absolute atomic E-state index is 0.619. The van der Waals surface area contributed by atoms with E-state index in [1.54, 1.807) is 13.8 Å². The molecule has 0 saturated carbocycles. The molecular weight excluding hydrogens is 264 g/mol. The molecule has 1 N–H and O–H groups in total. The van der Waals surface area contributed by atoms with Crippen molar-refractivity contribution in [3.05, 3.63) is 42.5 Å². The monoisotopic (exact) mass is 286 g/mol. The second-order valence-corrected chi connectivity index (χ2v) is 6.00. The van der Waals surface area contributed by atoms with Gasteiger partial charge in [-0.25, -0.2) is 0 Å². The molecule has 0 aliphatic carbocycles. The zero-order chi connectivity index (χ0) is 15.3.